The third-order valence-corrected chi connectivity index (χ3v) is 7.39. The highest BCUT2D eigenvalue weighted by molar-refractivity contribution is 9.10. The van der Waals surface area contributed by atoms with E-state index < -0.39 is 0 Å². The lowest BCUT2D eigenvalue weighted by molar-refractivity contribution is 0.0946. The zero-order valence-corrected chi connectivity index (χ0v) is 22.6. The average Bonchev–Trinajstić information content (AvgIpc) is 3.55. The van der Waals surface area contributed by atoms with Gasteiger partial charge in [0.2, 0.25) is 0 Å². The number of rotatable bonds is 7. The molecule has 38 heavy (non-hydrogen) atoms. The van der Waals surface area contributed by atoms with Crippen molar-refractivity contribution in [1.29, 1.82) is 0 Å². The summed E-state index contributed by atoms with van der Waals surface area (Å²) in [7, 11) is 0. The highest BCUT2D eigenvalue weighted by Crippen LogP contribution is 2.31. The van der Waals surface area contributed by atoms with Crippen LogP contribution in [0.25, 0.3) is 27.8 Å². The molecule has 3 N–H and O–H groups in total. The second-order valence-corrected chi connectivity index (χ2v) is 10.2. The Labute approximate surface area is 232 Å². The summed E-state index contributed by atoms with van der Waals surface area (Å²) in [6, 6.07) is 29.6. The fourth-order valence-corrected chi connectivity index (χ4v) is 5.06. The highest BCUT2D eigenvalue weighted by Gasteiger charge is 2.13. The Morgan fingerprint density at radius 3 is 2.45 bits per heavy atom. The highest BCUT2D eigenvalue weighted by atomic mass is 79.9. The van der Waals surface area contributed by atoms with Crippen molar-refractivity contribution in [3.8, 4) is 11.3 Å². The van der Waals surface area contributed by atoms with Crippen LogP contribution in [0, 0.1) is 0 Å². The number of nitrogens with zero attached hydrogens (tertiary/aromatic N) is 2. The molecule has 3 aromatic carbocycles. The molecule has 1 amide bonds. The summed E-state index contributed by atoms with van der Waals surface area (Å²) >= 11 is 10.1. The van der Waals surface area contributed by atoms with Gasteiger partial charge in [-0.1, -0.05) is 72.3 Å². The minimum Gasteiger partial charge on any atom is -0.367 e. The van der Waals surface area contributed by atoms with E-state index in [1.807, 2.05) is 89.5 Å². The van der Waals surface area contributed by atoms with Crippen LogP contribution in [-0.4, -0.2) is 20.3 Å². The molecule has 0 atom stereocenters. The van der Waals surface area contributed by atoms with Crippen LogP contribution < -0.4 is 10.6 Å². The summed E-state index contributed by atoms with van der Waals surface area (Å²) in [5, 5.41) is 8.21. The van der Waals surface area contributed by atoms with Gasteiger partial charge in [0, 0.05) is 46.8 Å². The lowest BCUT2D eigenvalue weighted by atomic mass is 10.1. The van der Waals surface area contributed by atoms with Crippen molar-refractivity contribution in [2.24, 2.45) is 0 Å². The maximum absolute atomic E-state index is 12.6. The molecule has 0 aliphatic heterocycles. The normalized spacial score (nSPS) is 11.2. The second-order valence-electron chi connectivity index (χ2n) is 8.99. The molecule has 0 radical (unpaired) electrons. The van der Waals surface area contributed by atoms with Crippen LogP contribution in [0.2, 0.25) is 5.02 Å². The van der Waals surface area contributed by atoms with Crippen molar-refractivity contribution in [3.05, 3.63) is 124 Å². The van der Waals surface area contributed by atoms with Crippen LogP contribution in [-0.2, 0) is 13.1 Å². The van der Waals surface area contributed by atoms with Gasteiger partial charge in [-0.15, -0.1) is 0 Å². The zero-order chi connectivity index (χ0) is 26.1. The van der Waals surface area contributed by atoms with Crippen LogP contribution >= 0.6 is 27.5 Å². The lowest BCUT2D eigenvalue weighted by Gasteiger charge is -2.13. The monoisotopic (exact) mass is 583 g/mol. The van der Waals surface area contributed by atoms with Crippen LogP contribution in [0.15, 0.2) is 102 Å². The van der Waals surface area contributed by atoms with Gasteiger partial charge in [-0.3, -0.25) is 9.20 Å². The van der Waals surface area contributed by atoms with Crippen molar-refractivity contribution < 1.29 is 4.79 Å². The minimum atomic E-state index is -0.124. The zero-order valence-electron chi connectivity index (χ0n) is 20.2. The van der Waals surface area contributed by atoms with Gasteiger partial charge in [-0.05, 0) is 51.3 Å². The van der Waals surface area contributed by atoms with Crippen LogP contribution in [0.3, 0.4) is 0 Å². The topological polar surface area (TPSA) is 74.2 Å². The molecule has 8 heteroatoms. The summed E-state index contributed by atoms with van der Waals surface area (Å²) in [5.74, 6) is 0.783. The molecule has 3 heterocycles. The van der Waals surface area contributed by atoms with E-state index in [0.717, 1.165) is 49.2 Å². The Kier molecular flexibility index (Phi) is 6.62. The lowest BCUT2D eigenvalue weighted by Crippen LogP contribution is -2.23. The smallest absolute Gasteiger partial charge is 0.267 e. The summed E-state index contributed by atoms with van der Waals surface area (Å²) in [5.41, 5.74) is 6.14. The van der Waals surface area contributed by atoms with E-state index >= 15 is 0 Å². The number of carbonyl (C=O) groups excluding carboxylic acids is 1. The Balaban J connectivity index is 1.14. The van der Waals surface area contributed by atoms with E-state index in [1.165, 1.54) is 0 Å². The number of anilines is 1. The molecule has 6 aromatic rings. The third kappa shape index (κ3) is 4.90. The first-order chi connectivity index (χ1) is 18.5. The van der Waals surface area contributed by atoms with Crippen molar-refractivity contribution in [3.63, 3.8) is 0 Å². The van der Waals surface area contributed by atoms with Gasteiger partial charge in [0.1, 0.15) is 11.5 Å². The molecule has 0 aliphatic carbocycles. The summed E-state index contributed by atoms with van der Waals surface area (Å²) in [6.45, 7) is 1.07. The Bertz CT molecular complexity index is 1740. The molecule has 0 fully saturated rings. The van der Waals surface area contributed by atoms with Gasteiger partial charge in [-0.25, -0.2) is 4.98 Å². The van der Waals surface area contributed by atoms with Gasteiger partial charge in [0.25, 0.3) is 5.91 Å². The average molecular weight is 585 g/mol. The van der Waals surface area contributed by atoms with E-state index in [4.69, 9.17) is 16.6 Å². The van der Waals surface area contributed by atoms with Crippen molar-refractivity contribution in [2.45, 2.75) is 13.1 Å². The molecular weight excluding hydrogens is 562 g/mol. The van der Waals surface area contributed by atoms with Gasteiger partial charge in [0.05, 0.1) is 10.2 Å². The first kappa shape index (κ1) is 24.3. The number of halogens is 2. The summed E-state index contributed by atoms with van der Waals surface area (Å²) in [4.78, 5) is 20.6. The maximum Gasteiger partial charge on any atom is 0.267 e. The SMILES string of the molecule is O=C(NCc1ccc(CNc2cc(-c3ccccc3Cl)nc3c(Br)ccn23)cc1)c1cc2ccccc2[nH]1. The van der Waals surface area contributed by atoms with Gasteiger partial charge < -0.3 is 15.6 Å². The standard InChI is InChI=1S/C30H23BrClN5O/c31-23-13-14-37-28(16-26(36-29(23)37)22-6-2-3-7-24(22)32)33-17-19-9-11-20(12-10-19)18-34-30(38)27-15-21-5-1-4-8-25(21)35-27/h1-16,33,35H,17-18H2,(H,34,38). The first-order valence-electron chi connectivity index (χ1n) is 12.2. The maximum atomic E-state index is 12.6. The number of H-pyrrole nitrogens is 1. The fraction of sp³-hybridized carbons (Fsp3) is 0.0667. The molecule has 6 nitrogen and oxygen atoms in total. The summed E-state index contributed by atoms with van der Waals surface area (Å²) < 4.78 is 2.92. The fourth-order valence-electron chi connectivity index (χ4n) is 4.43. The number of fused-ring (bicyclic) bond motifs is 2. The van der Waals surface area contributed by atoms with Crippen molar-refractivity contribution in [2.75, 3.05) is 5.32 Å². The number of aromatic nitrogens is 3. The van der Waals surface area contributed by atoms with Crippen LogP contribution in [0.1, 0.15) is 21.6 Å². The number of benzene rings is 3. The molecule has 0 aliphatic rings. The number of aromatic amines is 1. The van der Waals surface area contributed by atoms with Gasteiger partial charge >= 0.3 is 0 Å². The third-order valence-electron chi connectivity index (χ3n) is 6.45. The Morgan fingerprint density at radius 2 is 1.66 bits per heavy atom. The Hall–Kier alpha value is -4.07. The van der Waals surface area contributed by atoms with Gasteiger partial charge in [-0.2, -0.15) is 0 Å². The Morgan fingerprint density at radius 1 is 0.921 bits per heavy atom. The minimum absolute atomic E-state index is 0.124. The van der Waals surface area contributed by atoms with Gasteiger partial charge in [0.15, 0.2) is 5.65 Å². The molecule has 0 bridgehead atoms. The largest absolute Gasteiger partial charge is 0.367 e. The molecular formula is C30H23BrClN5O. The molecule has 0 saturated heterocycles. The van der Waals surface area contributed by atoms with Crippen LogP contribution in [0.5, 0.6) is 0 Å². The first-order valence-corrected chi connectivity index (χ1v) is 13.3. The molecule has 6 rings (SSSR count). The predicted octanol–water partition coefficient (Wildman–Crippen LogP) is 7.44. The number of nitrogens with one attached hydrogen (secondary N) is 3. The van der Waals surface area contributed by atoms with E-state index in [-0.39, 0.29) is 5.91 Å². The quantitative estimate of drug-likeness (QED) is 0.183. The van der Waals surface area contributed by atoms with E-state index in [0.29, 0.717) is 23.8 Å². The van der Waals surface area contributed by atoms with Crippen molar-refractivity contribution in [1.82, 2.24) is 19.7 Å². The molecule has 0 unspecified atom stereocenters. The number of hydrogen-bond acceptors (Lipinski definition) is 3. The number of para-hydroxylation sites is 1. The van der Waals surface area contributed by atoms with Crippen LogP contribution in [0.4, 0.5) is 5.82 Å². The second kappa shape index (κ2) is 10.4. The number of hydrogen-bond donors (Lipinski definition) is 3. The predicted molar refractivity (Wildman–Crippen MR) is 157 cm³/mol. The number of carbonyl (C=O) groups is 1. The molecule has 0 spiro atoms. The molecule has 0 saturated carbocycles. The van der Waals surface area contributed by atoms with E-state index in [1.54, 1.807) is 0 Å². The molecule has 188 valence electrons. The number of amides is 1. The molecule has 3 aromatic heterocycles. The summed E-state index contributed by atoms with van der Waals surface area (Å²) in [6.07, 6.45) is 1.98. The van der Waals surface area contributed by atoms with E-state index in [2.05, 4.69) is 43.7 Å². The van der Waals surface area contributed by atoms with Crippen molar-refractivity contribution >= 4 is 55.8 Å². The van der Waals surface area contributed by atoms with E-state index in [9.17, 15) is 4.79 Å².